The molecule has 0 saturated carbocycles. The number of benzene rings is 3. The molecule has 0 atom stereocenters. The van der Waals surface area contributed by atoms with Crippen molar-refractivity contribution < 1.29 is 4.74 Å². The van der Waals surface area contributed by atoms with Gasteiger partial charge >= 0.3 is 0 Å². The van der Waals surface area contributed by atoms with Gasteiger partial charge in [0.25, 0.3) is 0 Å². The lowest BCUT2D eigenvalue weighted by atomic mass is 10.1. The highest BCUT2D eigenvalue weighted by Gasteiger charge is 2.10. The molecule has 4 nitrogen and oxygen atoms in total. The molecule has 0 spiro atoms. The fourth-order valence-electron chi connectivity index (χ4n) is 2.98. The zero-order valence-corrected chi connectivity index (χ0v) is 16.0. The number of nitrogens with zero attached hydrogens (tertiary/aromatic N) is 3. The number of aromatic nitrogens is 2. The molecule has 0 radical (unpaired) electrons. The van der Waals surface area contributed by atoms with E-state index in [4.69, 9.17) is 14.8 Å². The van der Waals surface area contributed by atoms with Crippen LogP contribution in [0.25, 0.3) is 16.9 Å². The molecule has 0 fully saturated rings. The number of aliphatic imine (C=N–C) groups is 1. The second kappa shape index (κ2) is 8.85. The van der Waals surface area contributed by atoms with Crippen molar-refractivity contribution in [3.63, 3.8) is 0 Å². The fraction of sp³-hybridized carbons (Fsp3) is 0.0400. The minimum atomic E-state index is 0.449. The average Bonchev–Trinajstić information content (AvgIpc) is 3.22. The third kappa shape index (κ3) is 4.33. The van der Waals surface area contributed by atoms with Crippen LogP contribution in [0.2, 0.25) is 0 Å². The monoisotopic (exact) mass is 379 g/mol. The Morgan fingerprint density at radius 2 is 1.59 bits per heavy atom. The zero-order chi connectivity index (χ0) is 19.9. The summed E-state index contributed by atoms with van der Waals surface area (Å²) >= 11 is 0. The first-order valence-corrected chi connectivity index (χ1v) is 9.43. The first kappa shape index (κ1) is 18.4. The first-order chi connectivity index (χ1) is 14.3. The summed E-state index contributed by atoms with van der Waals surface area (Å²) in [5, 5.41) is 4.79. The Kier molecular flexibility index (Phi) is 5.63. The van der Waals surface area contributed by atoms with Crippen LogP contribution in [0.4, 0.5) is 5.82 Å². The third-order valence-corrected chi connectivity index (χ3v) is 4.37. The summed E-state index contributed by atoms with van der Waals surface area (Å²) in [6, 6.07) is 29.9. The van der Waals surface area contributed by atoms with Gasteiger partial charge in [0.15, 0.2) is 5.82 Å². The molecule has 0 aliphatic rings. The maximum atomic E-state index is 5.73. The van der Waals surface area contributed by atoms with Crippen molar-refractivity contribution in [2.75, 3.05) is 6.61 Å². The van der Waals surface area contributed by atoms with E-state index in [0.29, 0.717) is 6.61 Å². The van der Waals surface area contributed by atoms with Crippen LogP contribution in [0, 0.1) is 0 Å². The Bertz CT molecular complexity index is 1120. The van der Waals surface area contributed by atoms with E-state index in [-0.39, 0.29) is 0 Å². The van der Waals surface area contributed by atoms with Crippen LogP contribution in [0.3, 0.4) is 0 Å². The minimum Gasteiger partial charge on any atom is -0.489 e. The topological polar surface area (TPSA) is 39.4 Å². The molecule has 4 aromatic rings. The second-order valence-corrected chi connectivity index (χ2v) is 6.40. The highest BCUT2D eigenvalue weighted by molar-refractivity contribution is 5.85. The molecule has 0 aliphatic carbocycles. The normalized spacial score (nSPS) is 10.9. The van der Waals surface area contributed by atoms with Gasteiger partial charge in [-0.3, -0.25) is 0 Å². The SMILES string of the molecule is C=CCOc1ccccc1C=Nc1cc(-c2ccccc2)nn1-c1ccccc1. The fourth-order valence-corrected chi connectivity index (χ4v) is 2.98. The van der Waals surface area contributed by atoms with Gasteiger partial charge in [0, 0.05) is 23.4 Å². The van der Waals surface area contributed by atoms with E-state index in [9.17, 15) is 0 Å². The average molecular weight is 379 g/mol. The van der Waals surface area contributed by atoms with E-state index in [1.165, 1.54) is 0 Å². The summed E-state index contributed by atoms with van der Waals surface area (Å²) in [6.07, 6.45) is 3.54. The highest BCUT2D eigenvalue weighted by atomic mass is 16.5. The molecule has 0 aliphatic heterocycles. The van der Waals surface area contributed by atoms with Crippen LogP contribution in [-0.2, 0) is 0 Å². The van der Waals surface area contributed by atoms with Crippen molar-refractivity contribution in [3.05, 3.63) is 109 Å². The standard InChI is InChI=1S/C25H21N3O/c1-2-17-29-24-16-10-9-13-21(24)19-26-25-18-23(20-11-5-3-6-12-20)27-28(25)22-14-7-4-8-15-22/h2-16,18-19H,1,17H2. The van der Waals surface area contributed by atoms with Crippen LogP contribution in [-0.4, -0.2) is 22.6 Å². The Hall–Kier alpha value is -3.92. The summed E-state index contributed by atoms with van der Waals surface area (Å²) < 4.78 is 7.59. The smallest absolute Gasteiger partial charge is 0.156 e. The predicted molar refractivity (Wildman–Crippen MR) is 118 cm³/mol. The third-order valence-electron chi connectivity index (χ3n) is 4.37. The maximum Gasteiger partial charge on any atom is 0.156 e. The lowest BCUT2D eigenvalue weighted by Gasteiger charge is -2.06. The predicted octanol–water partition coefficient (Wildman–Crippen LogP) is 5.85. The molecule has 1 heterocycles. The maximum absolute atomic E-state index is 5.73. The van der Waals surface area contributed by atoms with Crippen LogP contribution >= 0.6 is 0 Å². The van der Waals surface area contributed by atoms with Crippen LogP contribution in [0.15, 0.2) is 109 Å². The molecular weight excluding hydrogens is 358 g/mol. The Morgan fingerprint density at radius 1 is 0.897 bits per heavy atom. The lowest BCUT2D eigenvalue weighted by Crippen LogP contribution is -1.98. The number of hydrogen-bond donors (Lipinski definition) is 0. The van der Waals surface area contributed by atoms with Crippen molar-refractivity contribution in [2.45, 2.75) is 0 Å². The summed E-state index contributed by atoms with van der Waals surface area (Å²) in [7, 11) is 0. The molecule has 142 valence electrons. The molecule has 1 aromatic heterocycles. The largest absolute Gasteiger partial charge is 0.489 e. The van der Waals surface area contributed by atoms with Crippen LogP contribution in [0.1, 0.15) is 5.56 Å². The molecule has 0 bridgehead atoms. The van der Waals surface area contributed by atoms with Gasteiger partial charge in [-0.2, -0.15) is 5.10 Å². The molecule has 0 saturated heterocycles. The van der Waals surface area contributed by atoms with Crippen molar-refractivity contribution in [3.8, 4) is 22.7 Å². The molecule has 0 amide bonds. The molecule has 29 heavy (non-hydrogen) atoms. The first-order valence-electron chi connectivity index (χ1n) is 9.43. The second-order valence-electron chi connectivity index (χ2n) is 6.40. The molecular formula is C25H21N3O. The highest BCUT2D eigenvalue weighted by Crippen LogP contribution is 2.27. The van der Waals surface area contributed by atoms with Gasteiger partial charge in [-0.1, -0.05) is 73.3 Å². The lowest BCUT2D eigenvalue weighted by molar-refractivity contribution is 0.363. The van der Waals surface area contributed by atoms with Crippen LogP contribution < -0.4 is 4.74 Å². The summed E-state index contributed by atoms with van der Waals surface area (Å²) in [4.78, 5) is 4.74. The number of para-hydroxylation sites is 2. The van der Waals surface area contributed by atoms with Gasteiger partial charge in [-0.05, 0) is 24.3 Å². The molecule has 4 heteroatoms. The van der Waals surface area contributed by atoms with Crippen molar-refractivity contribution in [1.29, 1.82) is 0 Å². The van der Waals surface area contributed by atoms with E-state index < -0.39 is 0 Å². The molecule has 0 unspecified atom stereocenters. The molecule has 0 N–H and O–H groups in total. The van der Waals surface area contributed by atoms with Crippen molar-refractivity contribution >= 4 is 12.0 Å². The van der Waals surface area contributed by atoms with E-state index >= 15 is 0 Å². The number of rotatable bonds is 7. The quantitative estimate of drug-likeness (QED) is 0.298. The van der Waals surface area contributed by atoms with E-state index in [1.807, 2.05) is 102 Å². The van der Waals surface area contributed by atoms with E-state index in [0.717, 1.165) is 34.1 Å². The Labute approximate surface area is 170 Å². The van der Waals surface area contributed by atoms with Crippen LogP contribution in [0.5, 0.6) is 5.75 Å². The number of hydrogen-bond acceptors (Lipinski definition) is 3. The van der Waals surface area contributed by atoms with Gasteiger partial charge in [-0.25, -0.2) is 9.67 Å². The van der Waals surface area contributed by atoms with Gasteiger partial charge in [-0.15, -0.1) is 0 Å². The summed E-state index contributed by atoms with van der Waals surface area (Å²) in [5.74, 6) is 1.51. The zero-order valence-electron chi connectivity index (χ0n) is 16.0. The summed E-state index contributed by atoms with van der Waals surface area (Å²) in [5.41, 5.74) is 3.78. The van der Waals surface area contributed by atoms with Crippen molar-refractivity contribution in [1.82, 2.24) is 9.78 Å². The molecule has 3 aromatic carbocycles. The van der Waals surface area contributed by atoms with Gasteiger partial charge in [0.2, 0.25) is 0 Å². The number of ether oxygens (including phenoxy) is 1. The summed E-state index contributed by atoms with van der Waals surface area (Å²) in [6.45, 7) is 4.15. The minimum absolute atomic E-state index is 0.449. The van der Waals surface area contributed by atoms with Crippen molar-refractivity contribution in [2.24, 2.45) is 4.99 Å². The van der Waals surface area contributed by atoms with E-state index in [1.54, 1.807) is 6.08 Å². The Balaban J connectivity index is 1.74. The Morgan fingerprint density at radius 3 is 2.34 bits per heavy atom. The molecule has 4 rings (SSSR count). The van der Waals surface area contributed by atoms with Gasteiger partial charge in [0.05, 0.1) is 11.4 Å². The van der Waals surface area contributed by atoms with Gasteiger partial charge < -0.3 is 4.74 Å². The van der Waals surface area contributed by atoms with Gasteiger partial charge in [0.1, 0.15) is 12.4 Å². The van der Waals surface area contributed by atoms with E-state index in [2.05, 4.69) is 6.58 Å².